The number of likely N-dealkylation sites (tertiary alicyclic amines) is 2. The molecule has 2 saturated heterocycles. The molecular formula is C31H38N4O7. The molecule has 0 radical (unpaired) electrons. The van der Waals surface area contributed by atoms with Crippen molar-refractivity contribution in [1.82, 2.24) is 20.4 Å². The first-order valence-corrected chi connectivity index (χ1v) is 14.4. The zero-order chi connectivity index (χ0) is 30.1. The minimum Gasteiger partial charge on any atom is -0.508 e. The number of hydrogen-bond donors (Lipinski definition) is 4. The van der Waals surface area contributed by atoms with Gasteiger partial charge in [0.25, 0.3) is 0 Å². The van der Waals surface area contributed by atoms with Crippen LogP contribution in [0.5, 0.6) is 5.75 Å². The predicted octanol–water partition coefficient (Wildman–Crippen LogP) is 1.63. The van der Waals surface area contributed by atoms with Crippen LogP contribution < -0.4 is 10.6 Å². The molecule has 4 N–H and O–H groups in total. The molecule has 0 unspecified atom stereocenters. The number of amides is 4. The van der Waals surface area contributed by atoms with Crippen LogP contribution in [0.4, 0.5) is 0 Å². The zero-order valence-corrected chi connectivity index (χ0v) is 23.5. The van der Waals surface area contributed by atoms with Gasteiger partial charge in [0.05, 0.1) is 6.54 Å². The lowest BCUT2D eigenvalue weighted by Gasteiger charge is -2.27. The van der Waals surface area contributed by atoms with Gasteiger partial charge in [-0.15, -0.1) is 0 Å². The topological polar surface area (TPSA) is 156 Å². The number of benzene rings is 2. The maximum Gasteiger partial charge on any atom is 0.326 e. The monoisotopic (exact) mass is 578 g/mol. The van der Waals surface area contributed by atoms with Crippen LogP contribution in [0.3, 0.4) is 0 Å². The molecule has 0 saturated carbocycles. The number of nitrogens with zero attached hydrogens (tertiary/aromatic N) is 2. The van der Waals surface area contributed by atoms with E-state index in [9.17, 15) is 34.2 Å². The van der Waals surface area contributed by atoms with Crippen molar-refractivity contribution >= 4 is 29.6 Å². The summed E-state index contributed by atoms with van der Waals surface area (Å²) < 4.78 is 0. The maximum absolute atomic E-state index is 13.4. The summed E-state index contributed by atoms with van der Waals surface area (Å²) in [6.45, 7) is 0.399. The Balaban J connectivity index is 1.35. The average Bonchev–Trinajstić information content (AvgIpc) is 3.68. The van der Waals surface area contributed by atoms with Crippen molar-refractivity contribution in [2.75, 3.05) is 19.6 Å². The Morgan fingerprint density at radius 3 is 2.14 bits per heavy atom. The van der Waals surface area contributed by atoms with Gasteiger partial charge in [0.1, 0.15) is 23.9 Å². The summed E-state index contributed by atoms with van der Waals surface area (Å²) in [7, 11) is 0. The van der Waals surface area contributed by atoms with Crippen LogP contribution in [0, 0.1) is 0 Å². The number of carboxylic acids is 1. The third-order valence-electron chi connectivity index (χ3n) is 7.86. The third kappa shape index (κ3) is 8.08. The fourth-order valence-electron chi connectivity index (χ4n) is 5.62. The molecule has 0 aliphatic carbocycles. The number of hydrogen-bond acceptors (Lipinski definition) is 6. The summed E-state index contributed by atoms with van der Waals surface area (Å²) >= 11 is 0. The van der Waals surface area contributed by atoms with Gasteiger partial charge in [-0.2, -0.15) is 0 Å². The van der Waals surface area contributed by atoms with E-state index in [2.05, 4.69) is 10.6 Å². The van der Waals surface area contributed by atoms with Gasteiger partial charge in [-0.3, -0.25) is 19.2 Å². The number of nitrogens with one attached hydrogen (secondary N) is 2. The first-order chi connectivity index (χ1) is 20.2. The molecule has 3 atom stereocenters. The van der Waals surface area contributed by atoms with Crippen molar-refractivity contribution < 1.29 is 34.2 Å². The predicted molar refractivity (Wildman–Crippen MR) is 153 cm³/mol. The number of aryl methyl sites for hydroxylation is 1. The number of aromatic hydroxyl groups is 1. The molecule has 2 aliphatic heterocycles. The molecule has 11 heteroatoms. The molecule has 0 bridgehead atoms. The van der Waals surface area contributed by atoms with E-state index >= 15 is 0 Å². The van der Waals surface area contributed by atoms with E-state index in [1.165, 1.54) is 4.90 Å². The number of carbonyl (C=O) groups is 5. The van der Waals surface area contributed by atoms with Crippen molar-refractivity contribution in [3.05, 3.63) is 65.7 Å². The van der Waals surface area contributed by atoms with Crippen LogP contribution in [0.15, 0.2) is 54.6 Å². The second-order valence-corrected chi connectivity index (χ2v) is 10.8. The van der Waals surface area contributed by atoms with Gasteiger partial charge in [0.15, 0.2) is 0 Å². The molecule has 42 heavy (non-hydrogen) atoms. The minimum absolute atomic E-state index is 0.125. The van der Waals surface area contributed by atoms with Gasteiger partial charge in [-0.05, 0) is 61.8 Å². The minimum atomic E-state index is -1.07. The SMILES string of the molecule is O=C(NCC(=O)N1CCC[C@H]1C(=O)O)[C@H](Cc1ccccc1)NC(=O)[C@@H]1CCCN1C(=O)CCCc1ccc(O)cc1. The number of phenolic OH excluding ortho intramolecular Hbond substituents is 1. The Morgan fingerprint density at radius 1 is 0.833 bits per heavy atom. The van der Waals surface area contributed by atoms with E-state index in [-0.39, 0.29) is 31.0 Å². The maximum atomic E-state index is 13.4. The largest absolute Gasteiger partial charge is 0.508 e. The highest BCUT2D eigenvalue weighted by Crippen LogP contribution is 2.21. The zero-order valence-electron chi connectivity index (χ0n) is 23.5. The molecule has 0 spiro atoms. The molecule has 4 amide bonds. The van der Waals surface area contributed by atoms with Crippen LogP contribution >= 0.6 is 0 Å². The Labute approximate surface area is 244 Å². The quantitative estimate of drug-likeness (QED) is 0.298. The fraction of sp³-hybridized carbons (Fsp3) is 0.452. The van der Waals surface area contributed by atoms with Gasteiger partial charge in [0.2, 0.25) is 23.6 Å². The molecule has 0 aromatic heterocycles. The Bertz CT molecular complexity index is 1270. The van der Waals surface area contributed by atoms with Crippen LogP contribution in [0.25, 0.3) is 0 Å². The van der Waals surface area contributed by atoms with Crippen molar-refractivity contribution in [3.63, 3.8) is 0 Å². The molecule has 2 aromatic carbocycles. The number of phenols is 1. The summed E-state index contributed by atoms with van der Waals surface area (Å²) in [5.74, 6) is -2.48. The van der Waals surface area contributed by atoms with E-state index in [1.807, 2.05) is 42.5 Å². The lowest BCUT2D eigenvalue weighted by Crippen LogP contribution is -2.55. The van der Waals surface area contributed by atoms with E-state index in [4.69, 9.17) is 0 Å². The van der Waals surface area contributed by atoms with Gasteiger partial charge >= 0.3 is 5.97 Å². The Kier molecular flexibility index (Phi) is 10.5. The number of carbonyl (C=O) groups excluding carboxylic acids is 4. The van der Waals surface area contributed by atoms with E-state index < -0.39 is 41.8 Å². The smallest absolute Gasteiger partial charge is 0.326 e. The highest BCUT2D eigenvalue weighted by atomic mass is 16.4. The fourth-order valence-corrected chi connectivity index (χ4v) is 5.62. The molecule has 11 nitrogen and oxygen atoms in total. The van der Waals surface area contributed by atoms with Crippen LogP contribution in [0.2, 0.25) is 0 Å². The van der Waals surface area contributed by atoms with Crippen molar-refractivity contribution in [2.24, 2.45) is 0 Å². The second-order valence-electron chi connectivity index (χ2n) is 10.8. The summed E-state index contributed by atoms with van der Waals surface area (Å²) in [6.07, 6.45) is 3.83. The summed E-state index contributed by atoms with van der Waals surface area (Å²) in [5.41, 5.74) is 1.82. The normalized spacial score (nSPS) is 18.9. The van der Waals surface area contributed by atoms with E-state index in [1.54, 1.807) is 17.0 Å². The van der Waals surface area contributed by atoms with Gasteiger partial charge in [-0.1, -0.05) is 42.5 Å². The molecular weight excluding hydrogens is 540 g/mol. The van der Waals surface area contributed by atoms with Crippen molar-refractivity contribution in [2.45, 2.75) is 69.5 Å². The summed E-state index contributed by atoms with van der Waals surface area (Å²) in [4.78, 5) is 66.7. The lowest BCUT2D eigenvalue weighted by atomic mass is 10.0. The van der Waals surface area contributed by atoms with Gasteiger partial charge in [-0.25, -0.2) is 4.79 Å². The van der Waals surface area contributed by atoms with E-state index in [0.29, 0.717) is 51.6 Å². The van der Waals surface area contributed by atoms with Crippen molar-refractivity contribution in [1.29, 1.82) is 0 Å². The highest BCUT2D eigenvalue weighted by Gasteiger charge is 2.37. The van der Waals surface area contributed by atoms with Gasteiger partial charge in [0, 0.05) is 25.9 Å². The number of rotatable bonds is 12. The van der Waals surface area contributed by atoms with Crippen LogP contribution in [-0.4, -0.2) is 87.4 Å². The molecule has 2 aromatic rings. The van der Waals surface area contributed by atoms with Crippen LogP contribution in [0.1, 0.15) is 49.7 Å². The highest BCUT2D eigenvalue weighted by molar-refractivity contribution is 5.94. The lowest BCUT2D eigenvalue weighted by molar-refractivity contribution is -0.148. The second kappa shape index (κ2) is 14.5. The van der Waals surface area contributed by atoms with Crippen LogP contribution in [-0.2, 0) is 36.8 Å². The van der Waals surface area contributed by atoms with E-state index in [0.717, 1.165) is 11.1 Å². The third-order valence-corrected chi connectivity index (χ3v) is 7.86. The Hall–Kier alpha value is -4.41. The van der Waals surface area contributed by atoms with Crippen molar-refractivity contribution in [3.8, 4) is 5.75 Å². The first kappa shape index (κ1) is 30.5. The molecule has 2 heterocycles. The van der Waals surface area contributed by atoms with Gasteiger partial charge < -0.3 is 30.6 Å². The molecule has 2 fully saturated rings. The summed E-state index contributed by atoms with van der Waals surface area (Å²) in [6, 6.07) is 13.4. The number of carboxylic acid groups (broad SMARTS) is 1. The first-order valence-electron chi connectivity index (χ1n) is 14.4. The Morgan fingerprint density at radius 2 is 1.48 bits per heavy atom. The molecule has 4 rings (SSSR count). The molecule has 224 valence electrons. The molecule has 2 aliphatic rings. The summed E-state index contributed by atoms with van der Waals surface area (Å²) in [5, 5.41) is 24.2. The standard InChI is InChI=1S/C31H38N4O7/c36-23-15-13-21(14-16-23)9-4-12-27(37)34-17-5-10-25(34)30(40)33-24(19-22-7-2-1-3-8-22)29(39)32-20-28(38)35-18-6-11-26(35)31(41)42/h1-3,7-8,13-16,24-26,36H,4-6,9-12,17-20H2,(H,32,39)(H,33,40)(H,41,42)/t24-,25-,26-/m0/s1. The average molecular weight is 579 g/mol. The number of aliphatic carboxylic acids is 1.